The quantitative estimate of drug-likeness (QED) is 0.610. The van der Waals surface area contributed by atoms with Crippen molar-refractivity contribution in [1.29, 1.82) is 0 Å². The number of benzene rings is 2. The van der Waals surface area contributed by atoms with E-state index >= 15 is 0 Å². The predicted octanol–water partition coefficient (Wildman–Crippen LogP) is 4.90. The van der Waals surface area contributed by atoms with Crippen molar-refractivity contribution in [1.82, 2.24) is 9.78 Å². The topological polar surface area (TPSA) is 64.0 Å². The second-order valence-electron chi connectivity index (χ2n) is 6.50. The Kier molecular flexibility index (Phi) is 5.87. The fraction of sp³-hybridized carbons (Fsp3) is 0.250. The van der Waals surface area contributed by atoms with Gasteiger partial charge >= 0.3 is 0 Å². The number of hydrogen-bond acceptors (Lipinski definition) is 3. The van der Waals surface area contributed by atoms with Crippen LogP contribution >= 0.6 is 11.6 Å². The van der Waals surface area contributed by atoms with Gasteiger partial charge in [0.2, 0.25) is 0 Å². The summed E-state index contributed by atoms with van der Waals surface area (Å²) in [6.07, 6.45) is 4.14. The fourth-order valence-electron chi connectivity index (χ4n) is 2.73. The minimum absolute atomic E-state index is 0.230. The van der Waals surface area contributed by atoms with Crippen molar-refractivity contribution in [2.45, 2.75) is 37.6 Å². The average Bonchev–Trinajstić information content (AvgIpc) is 3.09. The maximum absolute atomic E-state index is 12.6. The van der Waals surface area contributed by atoms with Crippen molar-refractivity contribution in [3.8, 4) is 0 Å². The summed E-state index contributed by atoms with van der Waals surface area (Å²) in [6.45, 7) is 4.69. The third-order valence-electron chi connectivity index (χ3n) is 4.55. The van der Waals surface area contributed by atoms with Crippen molar-refractivity contribution in [3.63, 3.8) is 0 Å². The van der Waals surface area contributed by atoms with Crippen molar-refractivity contribution >= 4 is 27.3 Å². The number of hydrogen-bond donors (Lipinski definition) is 1. The molecule has 1 unspecified atom stereocenters. The number of sulfonamides is 1. The van der Waals surface area contributed by atoms with E-state index in [2.05, 4.69) is 23.7 Å². The summed E-state index contributed by atoms with van der Waals surface area (Å²) in [5.41, 5.74) is 2.45. The zero-order chi connectivity index (χ0) is 19.4. The lowest BCUT2D eigenvalue weighted by Gasteiger charge is -2.10. The first-order chi connectivity index (χ1) is 12.9. The number of aromatic nitrogens is 2. The van der Waals surface area contributed by atoms with E-state index < -0.39 is 10.0 Å². The average molecular weight is 404 g/mol. The van der Waals surface area contributed by atoms with Gasteiger partial charge in [0.05, 0.1) is 23.3 Å². The van der Waals surface area contributed by atoms with Crippen LogP contribution < -0.4 is 4.72 Å². The molecule has 7 heteroatoms. The van der Waals surface area contributed by atoms with Gasteiger partial charge in [-0.3, -0.25) is 9.40 Å². The van der Waals surface area contributed by atoms with Crippen LogP contribution in [0.15, 0.2) is 65.8 Å². The number of rotatable bonds is 7. The molecule has 27 heavy (non-hydrogen) atoms. The van der Waals surface area contributed by atoms with E-state index in [-0.39, 0.29) is 4.90 Å². The summed E-state index contributed by atoms with van der Waals surface area (Å²) < 4.78 is 29.4. The van der Waals surface area contributed by atoms with E-state index in [1.54, 1.807) is 23.0 Å². The van der Waals surface area contributed by atoms with Crippen LogP contribution in [-0.4, -0.2) is 18.2 Å². The van der Waals surface area contributed by atoms with Crippen LogP contribution in [0.4, 0.5) is 5.69 Å². The first-order valence-corrected chi connectivity index (χ1v) is 10.6. The second kappa shape index (κ2) is 8.15. The van der Waals surface area contributed by atoms with Gasteiger partial charge in [-0.05, 0) is 41.7 Å². The van der Waals surface area contributed by atoms with Crippen LogP contribution in [0, 0.1) is 0 Å². The van der Waals surface area contributed by atoms with Crippen LogP contribution in [0.3, 0.4) is 0 Å². The molecular formula is C20H22ClN3O2S. The summed E-state index contributed by atoms with van der Waals surface area (Å²) in [5, 5.41) is 4.86. The Balaban J connectivity index is 1.73. The van der Waals surface area contributed by atoms with Crippen molar-refractivity contribution in [3.05, 3.63) is 77.1 Å². The second-order valence-corrected chi connectivity index (χ2v) is 8.59. The van der Waals surface area contributed by atoms with E-state index in [9.17, 15) is 8.42 Å². The Hall–Kier alpha value is -2.31. The summed E-state index contributed by atoms with van der Waals surface area (Å²) in [6, 6.07) is 14.5. The number of halogens is 1. The van der Waals surface area contributed by atoms with Gasteiger partial charge < -0.3 is 0 Å². The van der Waals surface area contributed by atoms with Gasteiger partial charge in [0.1, 0.15) is 0 Å². The SMILES string of the molecule is CCC(C)c1ccc(S(=O)(=O)Nc2cnn(Cc3ccccc3Cl)c2)cc1. The molecule has 0 bridgehead atoms. The van der Waals surface area contributed by atoms with Gasteiger partial charge in [-0.15, -0.1) is 0 Å². The molecular weight excluding hydrogens is 382 g/mol. The Bertz CT molecular complexity index is 1010. The van der Waals surface area contributed by atoms with Crippen LogP contribution in [0.5, 0.6) is 0 Å². The van der Waals surface area contributed by atoms with E-state index in [4.69, 9.17) is 11.6 Å². The highest BCUT2D eigenvalue weighted by molar-refractivity contribution is 7.92. The summed E-state index contributed by atoms with van der Waals surface area (Å²) in [7, 11) is -3.66. The maximum Gasteiger partial charge on any atom is 0.261 e. The number of nitrogens with one attached hydrogen (secondary N) is 1. The van der Waals surface area contributed by atoms with Crippen molar-refractivity contribution in [2.75, 3.05) is 4.72 Å². The molecule has 1 heterocycles. The van der Waals surface area contributed by atoms with Crippen LogP contribution in [0.1, 0.15) is 37.3 Å². The van der Waals surface area contributed by atoms with E-state index in [1.807, 2.05) is 36.4 Å². The lowest BCUT2D eigenvalue weighted by Crippen LogP contribution is -2.12. The van der Waals surface area contributed by atoms with Crippen molar-refractivity contribution < 1.29 is 8.42 Å². The third-order valence-corrected chi connectivity index (χ3v) is 6.31. The third kappa shape index (κ3) is 4.70. The standard InChI is InChI=1S/C20H22ClN3O2S/c1-3-15(2)16-8-10-19(11-9-16)27(25,26)23-18-12-22-24(14-18)13-17-6-4-5-7-20(17)21/h4-12,14-15,23H,3,13H2,1-2H3. The molecule has 1 aromatic heterocycles. The van der Waals surface area contributed by atoms with Crippen LogP contribution in [-0.2, 0) is 16.6 Å². The molecule has 1 N–H and O–H groups in total. The van der Waals surface area contributed by atoms with Crippen LogP contribution in [0.2, 0.25) is 5.02 Å². The molecule has 3 aromatic rings. The Morgan fingerprint density at radius 2 is 1.85 bits per heavy atom. The Labute approximate surface area is 165 Å². The molecule has 5 nitrogen and oxygen atoms in total. The lowest BCUT2D eigenvalue weighted by molar-refractivity contribution is 0.601. The fourth-order valence-corrected chi connectivity index (χ4v) is 3.95. The predicted molar refractivity (Wildman–Crippen MR) is 109 cm³/mol. The zero-order valence-corrected chi connectivity index (χ0v) is 16.8. The molecule has 0 spiro atoms. The van der Waals surface area contributed by atoms with Crippen molar-refractivity contribution in [2.24, 2.45) is 0 Å². The van der Waals surface area contributed by atoms with Gasteiger partial charge in [-0.25, -0.2) is 8.42 Å². The highest BCUT2D eigenvalue weighted by Crippen LogP contribution is 2.22. The molecule has 0 aliphatic rings. The van der Waals surface area contributed by atoms with Gasteiger partial charge in [0.15, 0.2) is 0 Å². The Morgan fingerprint density at radius 1 is 1.15 bits per heavy atom. The Morgan fingerprint density at radius 3 is 2.52 bits per heavy atom. The summed E-state index contributed by atoms with van der Waals surface area (Å²) in [4.78, 5) is 0.230. The van der Waals surface area contributed by atoms with Gasteiger partial charge in [-0.2, -0.15) is 5.10 Å². The molecule has 0 aliphatic heterocycles. The number of anilines is 1. The zero-order valence-electron chi connectivity index (χ0n) is 15.3. The highest BCUT2D eigenvalue weighted by Gasteiger charge is 2.16. The number of nitrogens with zero attached hydrogens (tertiary/aromatic N) is 2. The highest BCUT2D eigenvalue weighted by atomic mass is 35.5. The molecule has 0 aliphatic carbocycles. The van der Waals surface area contributed by atoms with E-state index in [0.717, 1.165) is 17.5 Å². The molecule has 2 aromatic carbocycles. The molecule has 0 radical (unpaired) electrons. The molecule has 0 fully saturated rings. The minimum Gasteiger partial charge on any atom is -0.276 e. The molecule has 142 valence electrons. The monoisotopic (exact) mass is 403 g/mol. The maximum atomic E-state index is 12.6. The van der Waals surface area contributed by atoms with Crippen LogP contribution in [0.25, 0.3) is 0 Å². The first kappa shape index (κ1) is 19.5. The largest absolute Gasteiger partial charge is 0.276 e. The minimum atomic E-state index is -3.66. The normalized spacial score (nSPS) is 12.7. The molecule has 0 saturated heterocycles. The molecule has 1 atom stereocenters. The smallest absolute Gasteiger partial charge is 0.261 e. The molecule has 0 saturated carbocycles. The molecule has 0 amide bonds. The van der Waals surface area contributed by atoms with Gasteiger partial charge in [0.25, 0.3) is 10.0 Å². The summed E-state index contributed by atoms with van der Waals surface area (Å²) >= 11 is 6.16. The van der Waals surface area contributed by atoms with E-state index in [1.165, 1.54) is 6.20 Å². The summed E-state index contributed by atoms with van der Waals surface area (Å²) in [5.74, 6) is 0.401. The van der Waals surface area contributed by atoms with Gasteiger partial charge in [0, 0.05) is 11.2 Å². The first-order valence-electron chi connectivity index (χ1n) is 8.77. The van der Waals surface area contributed by atoms with E-state index in [0.29, 0.717) is 23.2 Å². The van der Waals surface area contributed by atoms with Gasteiger partial charge in [-0.1, -0.05) is 55.8 Å². The molecule has 3 rings (SSSR count). The lowest BCUT2D eigenvalue weighted by atomic mass is 9.99.